The van der Waals surface area contributed by atoms with E-state index < -0.39 is 15.5 Å². The average molecular weight is 423 g/mol. The van der Waals surface area contributed by atoms with Gasteiger partial charge in [-0.3, -0.25) is 25.7 Å². The van der Waals surface area contributed by atoms with Crippen molar-refractivity contribution in [2.24, 2.45) is 5.10 Å². The maximum absolute atomic E-state index is 11.2. The van der Waals surface area contributed by atoms with E-state index in [1.54, 1.807) is 6.21 Å². The Hall–Kier alpha value is -4.21. The number of nitrogens with one attached hydrogen (secondary N) is 1. The first-order valence-corrected chi connectivity index (χ1v) is 9.46. The standard InChI is InChI=1S/C21H21N5O5/c1-4-31-19-8-5-17(6-9-19)24-14(2)11-16(15(24)3)13-22-23-20-10-7-18(25(27)28)12-21(20)26(29)30/h5-13,23H,4H2,1-3H3/b22-13-. The number of anilines is 1. The van der Waals surface area contributed by atoms with Gasteiger partial charge in [-0.15, -0.1) is 0 Å². The smallest absolute Gasteiger partial charge is 0.301 e. The van der Waals surface area contributed by atoms with E-state index >= 15 is 0 Å². The molecule has 3 aromatic rings. The van der Waals surface area contributed by atoms with Crippen LogP contribution in [0.3, 0.4) is 0 Å². The van der Waals surface area contributed by atoms with Crippen molar-refractivity contribution in [2.45, 2.75) is 20.8 Å². The molecule has 0 aliphatic carbocycles. The third-order valence-electron chi connectivity index (χ3n) is 4.65. The van der Waals surface area contributed by atoms with E-state index in [1.165, 1.54) is 12.1 Å². The van der Waals surface area contributed by atoms with Crippen LogP contribution >= 0.6 is 0 Å². The molecule has 1 aromatic heterocycles. The fourth-order valence-electron chi connectivity index (χ4n) is 3.22. The summed E-state index contributed by atoms with van der Waals surface area (Å²) in [6.45, 7) is 6.44. The van der Waals surface area contributed by atoms with Gasteiger partial charge in [-0.2, -0.15) is 5.10 Å². The van der Waals surface area contributed by atoms with Crippen molar-refractivity contribution in [1.82, 2.24) is 4.57 Å². The molecule has 10 heteroatoms. The first kappa shape index (κ1) is 21.5. The second-order valence-electron chi connectivity index (χ2n) is 6.67. The molecule has 0 unspecified atom stereocenters. The second kappa shape index (κ2) is 9.08. The van der Waals surface area contributed by atoms with Crippen molar-refractivity contribution >= 4 is 23.3 Å². The molecule has 0 fully saturated rings. The van der Waals surface area contributed by atoms with E-state index in [0.29, 0.717) is 6.61 Å². The number of ether oxygens (including phenoxy) is 1. The lowest BCUT2D eigenvalue weighted by Gasteiger charge is -2.11. The molecule has 0 saturated carbocycles. The van der Waals surface area contributed by atoms with Crippen LogP contribution in [0.5, 0.6) is 5.75 Å². The van der Waals surface area contributed by atoms with Crippen LogP contribution in [0, 0.1) is 34.1 Å². The van der Waals surface area contributed by atoms with Gasteiger partial charge in [-0.05, 0) is 57.2 Å². The molecule has 10 nitrogen and oxygen atoms in total. The van der Waals surface area contributed by atoms with Crippen LogP contribution in [0.2, 0.25) is 0 Å². The minimum Gasteiger partial charge on any atom is -0.494 e. The van der Waals surface area contributed by atoms with E-state index in [0.717, 1.165) is 34.5 Å². The van der Waals surface area contributed by atoms with Crippen molar-refractivity contribution in [1.29, 1.82) is 0 Å². The van der Waals surface area contributed by atoms with Gasteiger partial charge in [0.1, 0.15) is 11.4 Å². The first-order valence-electron chi connectivity index (χ1n) is 9.46. The normalized spacial score (nSPS) is 10.9. The molecule has 2 aromatic carbocycles. The number of hydrogen-bond acceptors (Lipinski definition) is 7. The third kappa shape index (κ3) is 4.69. The topological polar surface area (TPSA) is 125 Å². The first-order chi connectivity index (χ1) is 14.8. The summed E-state index contributed by atoms with van der Waals surface area (Å²) < 4.78 is 7.54. The SMILES string of the molecule is CCOc1ccc(-n2c(C)cc(/C=N\Nc3ccc([N+](=O)[O-])cc3[N+](=O)[O-])c2C)cc1. The number of rotatable bonds is 8. The van der Waals surface area contributed by atoms with E-state index in [1.807, 2.05) is 51.1 Å². The number of benzene rings is 2. The Kier molecular flexibility index (Phi) is 6.29. The van der Waals surface area contributed by atoms with Gasteiger partial charge >= 0.3 is 5.69 Å². The highest BCUT2D eigenvalue weighted by molar-refractivity contribution is 5.83. The number of nitro benzene ring substituents is 2. The summed E-state index contributed by atoms with van der Waals surface area (Å²) in [5, 5.41) is 26.2. The Morgan fingerprint density at radius 1 is 1.06 bits per heavy atom. The maximum atomic E-state index is 11.2. The van der Waals surface area contributed by atoms with Crippen molar-refractivity contribution in [3.63, 3.8) is 0 Å². The Morgan fingerprint density at radius 2 is 1.77 bits per heavy atom. The van der Waals surface area contributed by atoms with Crippen molar-refractivity contribution in [2.75, 3.05) is 12.0 Å². The zero-order chi connectivity index (χ0) is 22.5. The zero-order valence-corrected chi connectivity index (χ0v) is 17.2. The second-order valence-corrected chi connectivity index (χ2v) is 6.67. The van der Waals surface area contributed by atoms with Crippen LogP contribution in [0.1, 0.15) is 23.9 Å². The summed E-state index contributed by atoms with van der Waals surface area (Å²) in [6.07, 6.45) is 1.55. The van der Waals surface area contributed by atoms with Gasteiger partial charge in [-0.1, -0.05) is 0 Å². The average Bonchev–Trinajstić information content (AvgIpc) is 3.02. The molecule has 0 bridgehead atoms. The highest BCUT2D eigenvalue weighted by Crippen LogP contribution is 2.29. The largest absolute Gasteiger partial charge is 0.494 e. The maximum Gasteiger partial charge on any atom is 0.301 e. The third-order valence-corrected chi connectivity index (χ3v) is 4.65. The molecule has 0 spiro atoms. The molecule has 31 heavy (non-hydrogen) atoms. The molecular formula is C21H21N5O5. The number of hydrazone groups is 1. The zero-order valence-electron chi connectivity index (χ0n) is 17.2. The molecule has 0 atom stereocenters. The molecule has 160 valence electrons. The predicted octanol–water partition coefficient (Wildman–Crippen LogP) is 4.76. The lowest BCUT2D eigenvalue weighted by molar-refractivity contribution is -0.393. The number of hydrogen-bond donors (Lipinski definition) is 1. The number of nitro groups is 2. The van der Waals surface area contributed by atoms with Crippen LogP contribution in [-0.2, 0) is 0 Å². The Bertz CT molecular complexity index is 1150. The Morgan fingerprint density at radius 3 is 2.39 bits per heavy atom. The lowest BCUT2D eigenvalue weighted by atomic mass is 10.2. The highest BCUT2D eigenvalue weighted by atomic mass is 16.6. The molecule has 3 rings (SSSR count). The van der Waals surface area contributed by atoms with E-state index in [-0.39, 0.29) is 11.4 Å². The van der Waals surface area contributed by atoms with Crippen molar-refractivity contribution in [3.05, 3.63) is 85.7 Å². The lowest BCUT2D eigenvalue weighted by Crippen LogP contribution is -2.01. The van der Waals surface area contributed by atoms with Gasteiger partial charge in [0, 0.05) is 28.7 Å². The van der Waals surface area contributed by atoms with Crippen molar-refractivity contribution < 1.29 is 14.6 Å². The van der Waals surface area contributed by atoms with Gasteiger partial charge in [0.25, 0.3) is 5.69 Å². The molecule has 1 heterocycles. The van der Waals surface area contributed by atoms with E-state index in [4.69, 9.17) is 4.74 Å². The van der Waals surface area contributed by atoms with Crippen LogP contribution in [0.4, 0.5) is 17.1 Å². The fourth-order valence-corrected chi connectivity index (χ4v) is 3.22. The van der Waals surface area contributed by atoms with Gasteiger partial charge < -0.3 is 9.30 Å². The molecular weight excluding hydrogens is 402 g/mol. The minimum atomic E-state index is -0.692. The summed E-state index contributed by atoms with van der Waals surface area (Å²) >= 11 is 0. The Labute approximate surface area is 178 Å². The predicted molar refractivity (Wildman–Crippen MR) is 117 cm³/mol. The minimum absolute atomic E-state index is 0.0622. The molecule has 0 saturated heterocycles. The molecule has 0 aliphatic rings. The summed E-state index contributed by atoms with van der Waals surface area (Å²) in [6, 6.07) is 13.0. The highest BCUT2D eigenvalue weighted by Gasteiger charge is 2.19. The summed E-state index contributed by atoms with van der Waals surface area (Å²) in [7, 11) is 0. The van der Waals surface area contributed by atoms with E-state index in [9.17, 15) is 20.2 Å². The van der Waals surface area contributed by atoms with E-state index in [2.05, 4.69) is 15.1 Å². The Balaban J connectivity index is 1.83. The summed E-state index contributed by atoms with van der Waals surface area (Å²) in [4.78, 5) is 20.7. The summed E-state index contributed by atoms with van der Waals surface area (Å²) in [5.41, 5.74) is 5.60. The van der Waals surface area contributed by atoms with Crippen LogP contribution < -0.4 is 10.2 Å². The van der Waals surface area contributed by atoms with Gasteiger partial charge in [0.15, 0.2) is 0 Å². The van der Waals surface area contributed by atoms with Crippen LogP contribution in [0.25, 0.3) is 5.69 Å². The van der Waals surface area contributed by atoms with Crippen LogP contribution in [-0.4, -0.2) is 27.2 Å². The number of non-ortho nitro benzene ring substituents is 1. The molecule has 1 N–H and O–H groups in total. The van der Waals surface area contributed by atoms with Gasteiger partial charge in [0.05, 0.1) is 28.7 Å². The number of nitrogens with zero attached hydrogens (tertiary/aromatic N) is 4. The molecule has 0 radical (unpaired) electrons. The number of aryl methyl sites for hydroxylation is 1. The van der Waals surface area contributed by atoms with Crippen molar-refractivity contribution in [3.8, 4) is 11.4 Å². The van der Waals surface area contributed by atoms with Gasteiger partial charge in [0.2, 0.25) is 0 Å². The fraction of sp³-hybridized carbons (Fsp3) is 0.190. The van der Waals surface area contributed by atoms with Crippen LogP contribution in [0.15, 0.2) is 53.6 Å². The van der Waals surface area contributed by atoms with Gasteiger partial charge in [-0.25, -0.2) is 0 Å². The quantitative estimate of drug-likeness (QED) is 0.316. The monoisotopic (exact) mass is 423 g/mol. The summed E-state index contributed by atoms with van der Waals surface area (Å²) in [5.74, 6) is 0.796. The molecule has 0 aliphatic heterocycles. The molecule has 0 amide bonds. The number of aromatic nitrogens is 1.